The highest BCUT2D eigenvalue weighted by atomic mass is 16.5. The van der Waals surface area contributed by atoms with Crippen molar-refractivity contribution in [3.8, 4) is 5.88 Å². The molecule has 5 nitrogen and oxygen atoms in total. The fourth-order valence-electron chi connectivity index (χ4n) is 1.97. The fraction of sp³-hybridized carbons (Fsp3) is 0.636. The van der Waals surface area contributed by atoms with Gasteiger partial charge in [0.15, 0.2) is 0 Å². The van der Waals surface area contributed by atoms with Crippen LogP contribution in [0.4, 0.5) is 5.95 Å². The van der Waals surface area contributed by atoms with Gasteiger partial charge in [0, 0.05) is 37.9 Å². The van der Waals surface area contributed by atoms with Gasteiger partial charge in [0.05, 0.1) is 7.11 Å². The number of hydrogen-bond donors (Lipinski definition) is 1. The van der Waals surface area contributed by atoms with E-state index in [1.54, 1.807) is 19.4 Å². The Labute approximate surface area is 95.8 Å². The van der Waals surface area contributed by atoms with E-state index in [4.69, 9.17) is 4.74 Å². The summed E-state index contributed by atoms with van der Waals surface area (Å²) in [6.07, 6.45) is 2.84. The van der Waals surface area contributed by atoms with Crippen LogP contribution in [0.2, 0.25) is 0 Å². The highest BCUT2D eigenvalue weighted by Gasteiger charge is 2.22. The first-order chi connectivity index (χ1) is 7.85. The highest BCUT2D eigenvalue weighted by molar-refractivity contribution is 5.34. The molecule has 0 radical (unpaired) electrons. The molecule has 0 saturated carbocycles. The molecule has 0 aromatic carbocycles. The third-order valence-corrected chi connectivity index (χ3v) is 2.90. The quantitative estimate of drug-likeness (QED) is 0.814. The molecule has 1 saturated heterocycles. The number of methoxy groups -OCH3 is 1. The smallest absolute Gasteiger partial charge is 0.228 e. The van der Waals surface area contributed by atoms with Crippen LogP contribution < -0.4 is 15.0 Å². The number of hydrogen-bond acceptors (Lipinski definition) is 5. The van der Waals surface area contributed by atoms with Crippen molar-refractivity contribution in [3.05, 3.63) is 12.3 Å². The lowest BCUT2D eigenvalue weighted by atomic mass is 10.1. The van der Waals surface area contributed by atoms with E-state index in [2.05, 4.69) is 27.1 Å². The van der Waals surface area contributed by atoms with Gasteiger partial charge >= 0.3 is 0 Å². The Morgan fingerprint density at radius 1 is 1.62 bits per heavy atom. The molecule has 1 aromatic heterocycles. The minimum absolute atomic E-state index is 0.473. The molecule has 1 aromatic rings. The van der Waals surface area contributed by atoms with E-state index in [1.165, 1.54) is 0 Å². The molecule has 0 aliphatic carbocycles. The lowest BCUT2D eigenvalue weighted by Gasteiger charge is -2.35. The zero-order valence-corrected chi connectivity index (χ0v) is 9.81. The number of piperazine rings is 1. The third-order valence-electron chi connectivity index (χ3n) is 2.90. The Kier molecular flexibility index (Phi) is 3.56. The summed E-state index contributed by atoms with van der Waals surface area (Å²) in [4.78, 5) is 10.9. The van der Waals surface area contributed by atoms with Crippen molar-refractivity contribution in [1.29, 1.82) is 0 Å². The second-order valence-electron chi connectivity index (χ2n) is 3.86. The van der Waals surface area contributed by atoms with Crippen molar-refractivity contribution in [2.75, 3.05) is 31.6 Å². The summed E-state index contributed by atoms with van der Waals surface area (Å²) in [6.45, 7) is 5.12. The molecular weight excluding hydrogens is 204 g/mol. The van der Waals surface area contributed by atoms with Crippen LogP contribution in [-0.4, -0.2) is 42.8 Å². The van der Waals surface area contributed by atoms with Crippen LogP contribution in [0.25, 0.3) is 0 Å². The predicted molar refractivity (Wildman–Crippen MR) is 62.9 cm³/mol. The van der Waals surface area contributed by atoms with E-state index < -0.39 is 0 Å². The van der Waals surface area contributed by atoms with Crippen LogP contribution in [-0.2, 0) is 0 Å². The molecular formula is C11H18N4O. The first-order valence-electron chi connectivity index (χ1n) is 5.69. The number of nitrogens with one attached hydrogen (secondary N) is 1. The van der Waals surface area contributed by atoms with Gasteiger partial charge in [-0.15, -0.1) is 0 Å². The van der Waals surface area contributed by atoms with Gasteiger partial charge in [0.25, 0.3) is 0 Å². The van der Waals surface area contributed by atoms with E-state index >= 15 is 0 Å². The molecule has 0 bridgehead atoms. The summed E-state index contributed by atoms with van der Waals surface area (Å²) in [6, 6.07) is 2.24. The molecule has 1 fully saturated rings. The molecule has 1 unspecified atom stereocenters. The van der Waals surface area contributed by atoms with Crippen molar-refractivity contribution in [2.45, 2.75) is 19.4 Å². The fourth-order valence-corrected chi connectivity index (χ4v) is 1.97. The lowest BCUT2D eigenvalue weighted by Crippen LogP contribution is -2.51. The van der Waals surface area contributed by atoms with Gasteiger partial charge in [-0.2, -0.15) is 4.98 Å². The van der Waals surface area contributed by atoms with Crippen molar-refractivity contribution < 1.29 is 4.74 Å². The second-order valence-corrected chi connectivity index (χ2v) is 3.86. The van der Waals surface area contributed by atoms with Gasteiger partial charge < -0.3 is 15.0 Å². The first kappa shape index (κ1) is 11.1. The average molecular weight is 222 g/mol. The minimum Gasteiger partial charge on any atom is -0.481 e. The van der Waals surface area contributed by atoms with Crippen molar-refractivity contribution >= 4 is 5.95 Å². The Hall–Kier alpha value is -1.36. The summed E-state index contributed by atoms with van der Waals surface area (Å²) >= 11 is 0. The number of nitrogens with zero attached hydrogens (tertiary/aromatic N) is 3. The van der Waals surface area contributed by atoms with E-state index in [0.717, 1.165) is 32.0 Å². The summed E-state index contributed by atoms with van der Waals surface area (Å²) < 4.78 is 5.12. The molecule has 0 spiro atoms. The van der Waals surface area contributed by atoms with E-state index in [0.29, 0.717) is 11.9 Å². The monoisotopic (exact) mass is 222 g/mol. The van der Waals surface area contributed by atoms with Gasteiger partial charge in [-0.05, 0) is 6.42 Å². The van der Waals surface area contributed by atoms with Gasteiger partial charge in [-0.1, -0.05) is 6.92 Å². The largest absolute Gasteiger partial charge is 0.481 e. The Morgan fingerprint density at radius 2 is 2.50 bits per heavy atom. The minimum atomic E-state index is 0.473. The maximum Gasteiger partial charge on any atom is 0.228 e. The molecule has 1 atom stereocenters. The van der Waals surface area contributed by atoms with Gasteiger partial charge in [-0.25, -0.2) is 4.98 Å². The number of ether oxygens (including phenoxy) is 1. The zero-order valence-electron chi connectivity index (χ0n) is 9.81. The van der Waals surface area contributed by atoms with Crippen LogP contribution in [0.1, 0.15) is 13.3 Å². The standard InChI is InChI=1S/C11H18N4O/c1-3-9-8-12-6-7-15(9)11-13-5-4-10(14-11)16-2/h4-5,9,12H,3,6-8H2,1-2H3. The number of aromatic nitrogens is 2. The van der Waals surface area contributed by atoms with E-state index in [-0.39, 0.29) is 0 Å². The van der Waals surface area contributed by atoms with Crippen LogP contribution in [0.15, 0.2) is 12.3 Å². The van der Waals surface area contributed by atoms with Gasteiger partial charge in [0.1, 0.15) is 0 Å². The third kappa shape index (κ3) is 2.24. The van der Waals surface area contributed by atoms with Crippen molar-refractivity contribution in [3.63, 3.8) is 0 Å². The molecule has 88 valence electrons. The summed E-state index contributed by atoms with van der Waals surface area (Å²) in [5, 5.41) is 3.39. The molecule has 2 rings (SSSR count). The Bertz CT molecular complexity index is 345. The molecule has 0 amide bonds. The molecule has 1 N–H and O–H groups in total. The average Bonchev–Trinajstić information content (AvgIpc) is 2.38. The van der Waals surface area contributed by atoms with Crippen LogP contribution >= 0.6 is 0 Å². The molecule has 2 heterocycles. The van der Waals surface area contributed by atoms with Crippen molar-refractivity contribution in [1.82, 2.24) is 15.3 Å². The molecule has 16 heavy (non-hydrogen) atoms. The highest BCUT2D eigenvalue weighted by Crippen LogP contribution is 2.17. The Balaban J connectivity index is 2.20. The van der Waals surface area contributed by atoms with Gasteiger partial charge in [0.2, 0.25) is 11.8 Å². The maximum absolute atomic E-state index is 5.12. The van der Waals surface area contributed by atoms with Crippen LogP contribution in [0.5, 0.6) is 5.88 Å². The van der Waals surface area contributed by atoms with Crippen LogP contribution in [0.3, 0.4) is 0 Å². The molecule has 1 aliphatic heterocycles. The van der Waals surface area contributed by atoms with Crippen LogP contribution in [0, 0.1) is 0 Å². The predicted octanol–water partition coefficient (Wildman–Crippen LogP) is 0.673. The summed E-state index contributed by atoms with van der Waals surface area (Å²) in [5.41, 5.74) is 0. The number of anilines is 1. The summed E-state index contributed by atoms with van der Waals surface area (Å²) in [5.74, 6) is 1.39. The molecule has 1 aliphatic rings. The van der Waals surface area contributed by atoms with Gasteiger partial charge in [-0.3, -0.25) is 0 Å². The first-order valence-corrected chi connectivity index (χ1v) is 5.69. The van der Waals surface area contributed by atoms with E-state index in [9.17, 15) is 0 Å². The summed E-state index contributed by atoms with van der Waals surface area (Å²) in [7, 11) is 1.63. The normalized spacial score (nSPS) is 20.9. The van der Waals surface area contributed by atoms with Crippen molar-refractivity contribution in [2.24, 2.45) is 0 Å². The topological polar surface area (TPSA) is 50.3 Å². The SMILES string of the molecule is CCC1CNCCN1c1nccc(OC)n1. The Morgan fingerprint density at radius 3 is 3.25 bits per heavy atom. The zero-order chi connectivity index (χ0) is 11.4. The second kappa shape index (κ2) is 5.12. The van der Waals surface area contributed by atoms with E-state index in [1.807, 2.05) is 0 Å². The lowest BCUT2D eigenvalue weighted by molar-refractivity contribution is 0.393. The molecule has 5 heteroatoms. The number of rotatable bonds is 3. The maximum atomic E-state index is 5.12.